The number of carbonyl (C=O) groups excluding carboxylic acids is 1. The summed E-state index contributed by atoms with van der Waals surface area (Å²) in [5.74, 6) is -0.0805. The minimum Gasteiger partial charge on any atom is -0.493 e. The third-order valence-electron chi connectivity index (χ3n) is 5.12. The van der Waals surface area contributed by atoms with Gasteiger partial charge in [0.15, 0.2) is 0 Å². The molecule has 1 atom stereocenters. The Bertz CT molecular complexity index is 937. The third kappa shape index (κ3) is 3.88. The number of pyridine rings is 1. The number of aromatic nitrogens is 1. The van der Waals surface area contributed by atoms with E-state index in [9.17, 15) is 18.0 Å². The number of alkyl halides is 3. The average Bonchev–Trinajstić information content (AvgIpc) is 2.67. The van der Waals surface area contributed by atoms with Crippen LogP contribution in [-0.2, 0) is 23.8 Å². The first-order valence-electron chi connectivity index (χ1n) is 9.18. The normalized spacial score (nSPS) is 20.1. The van der Waals surface area contributed by atoms with Crippen molar-refractivity contribution in [3.05, 3.63) is 65.0 Å². The standard InChI is InChI=1S/C21H19F3N2O2/c22-21(23,24)15-4-6-17-14(7-9-28-19(17)11-15)10-20(27)26-16-5-3-13-2-1-8-25-18(13)12-16/h1-2,4,6,8,10-11,16H,3,5,7,9,12H2,(H,26,27)/b14-10+. The largest absolute Gasteiger partial charge is 0.493 e. The molecule has 1 aromatic carbocycles. The predicted octanol–water partition coefficient (Wildman–Crippen LogP) is 3.94. The summed E-state index contributed by atoms with van der Waals surface area (Å²) in [5, 5.41) is 3.00. The number of carbonyl (C=O) groups is 1. The molecule has 0 spiro atoms. The summed E-state index contributed by atoms with van der Waals surface area (Å²) in [4.78, 5) is 16.9. The van der Waals surface area contributed by atoms with E-state index in [4.69, 9.17) is 4.74 Å². The summed E-state index contributed by atoms with van der Waals surface area (Å²) in [6, 6.07) is 7.34. The Morgan fingerprint density at radius 3 is 2.93 bits per heavy atom. The van der Waals surface area contributed by atoms with Crippen molar-refractivity contribution in [2.24, 2.45) is 0 Å². The molecule has 0 radical (unpaired) electrons. The Balaban J connectivity index is 1.49. The molecule has 0 saturated carbocycles. The van der Waals surface area contributed by atoms with E-state index in [1.165, 1.54) is 17.7 Å². The van der Waals surface area contributed by atoms with E-state index in [1.807, 2.05) is 6.07 Å². The molecular weight excluding hydrogens is 369 g/mol. The number of amides is 1. The number of benzene rings is 1. The van der Waals surface area contributed by atoms with E-state index < -0.39 is 11.7 Å². The SMILES string of the molecule is O=C(/C=C1\CCOc2cc(C(F)(F)F)ccc21)NC1CCc2cccnc2C1. The van der Waals surface area contributed by atoms with E-state index in [1.54, 1.807) is 6.20 Å². The fourth-order valence-corrected chi connectivity index (χ4v) is 3.71. The van der Waals surface area contributed by atoms with Gasteiger partial charge >= 0.3 is 6.18 Å². The minimum atomic E-state index is -4.43. The van der Waals surface area contributed by atoms with Gasteiger partial charge in [0.05, 0.1) is 12.2 Å². The molecule has 2 heterocycles. The lowest BCUT2D eigenvalue weighted by Gasteiger charge is -2.25. The summed E-state index contributed by atoms with van der Waals surface area (Å²) < 4.78 is 44.1. The number of nitrogens with one attached hydrogen (secondary N) is 1. The van der Waals surface area contributed by atoms with E-state index in [0.29, 0.717) is 24.0 Å². The molecule has 146 valence electrons. The summed E-state index contributed by atoms with van der Waals surface area (Å²) >= 11 is 0. The summed E-state index contributed by atoms with van der Waals surface area (Å²) in [6.45, 7) is 0.244. The predicted molar refractivity (Wildman–Crippen MR) is 97.7 cm³/mol. The van der Waals surface area contributed by atoms with Crippen molar-refractivity contribution in [2.45, 2.75) is 37.9 Å². The average molecular weight is 388 g/mol. The lowest BCUT2D eigenvalue weighted by atomic mass is 9.92. The van der Waals surface area contributed by atoms with E-state index in [-0.39, 0.29) is 24.3 Å². The van der Waals surface area contributed by atoms with Crippen LogP contribution in [0.2, 0.25) is 0 Å². The number of halogens is 3. The van der Waals surface area contributed by atoms with Crippen molar-refractivity contribution in [1.29, 1.82) is 0 Å². The van der Waals surface area contributed by atoms with Gasteiger partial charge in [-0.05, 0) is 42.2 Å². The van der Waals surface area contributed by atoms with Gasteiger partial charge in [-0.15, -0.1) is 0 Å². The van der Waals surface area contributed by atoms with Crippen LogP contribution in [0.5, 0.6) is 5.75 Å². The van der Waals surface area contributed by atoms with Gasteiger partial charge in [0.25, 0.3) is 0 Å². The van der Waals surface area contributed by atoms with Crippen LogP contribution >= 0.6 is 0 Å². The molecule has 4 nitrogen and oxygen atoms in total. The highest BCUT2D eigenvalue weighted by molar-refractivity contribution is 5.96. The zero-order valence-electron chi connectivity index (χ0n) is 15.1. The highest BCUT2D eigenvalue weighted by Gasteiger charge is 2.32. The van der Waals surface area contributed by atoms with Crippen LogP contribution in [0.3, 0.4) is 0 Å². The monoisotopic (exact) mass is 388 g/mol. The topological polar surface area (TPSA) is 51.2 Å². The second-order valence-corrected chi connectivity index (χ2v) is 7.03. The molecule has 1 aliphatic carbocycles. The highest BCUT2D eigenvalue weighted by Crippen LogP contribution is 2.38. The molecule has 1 unspecified atom stereocenters. The lowest BCUT2D eigenvalue weighted by Crippen LogP contribution is -2.38. The molecule has 1 aliphatic heterocycles. The number of hydrogen-bond acceptors (Lipinski definition) is 3. The first kappa shape index (κ1) is 18.5. The maximum Gasteiger partial charge on any atom is 0.416 e. The van der Waals surface area contributed by atoms with Gasteiger partial charge in [-0.2, -0.15) is 13.2 Å². The number of ether oxygens (including phenoxy) is 1. The van der Waals surface area contributed by atoms with Crippen molar-refractivity contribution < 1.29 is 22.7 Å². The molecule has 28 heavy (non-hydrogen) atoms. The zero-order chi connectivity index (χ0) is 19.7. The second-order valence-electron chi connectivity index (χ2n) is 7.03. The molecule has 1 aromatic heterocycles. The quantitative estimate of drug-likeness (QED) is 0.793. The smallest absolute Gasteiger partial charge is 0.416 e. The molecule has 2 aliphatic rings. The van der Waals surface area contributed by atoms with Crippen molar-refractivity contribution >= 4 is 11.5 Å². The molecule has 7 heteroatoms. The summed E-state index contributed by atoms with van der Waals surface area (Å²) in [5.41, 5.74) is 2.67. The van der Waals surface area contributed by atoms with Gasteiger partial charge < -0.3 is 10.1 Å². The summed E-state index contributed by atoms with van der Waals surface area (Å²) in [7, 11) is 0. The van der Waals surface area contributed by atoms with Crippen LogP contribution in [0.15, 0.2) is 42.6 Å². The van der Waals surface area contributed by atoms with Gasteiger partial charge in [-0.1, -0.05) is 12.1 Å². The molecular formula is C21H19F3N2O2. The van der Waals surface area contributed by atoms with E-state index >= 15 is 0 Å². The Hall–Kier alpha value is -2.83. The Morgan fingerprint density at radius 1 is 1.25 bits per heavy atom. The van der Waals surface area contributed by atoms with Crippen LogP contribution in [-0.4, -0.2) is 23.5 Å². The molecule has 0 fully saturated rings. The van der Waals surface area contributed by atoms with Crippen LogP contribution in [0.1, 0.15) is 35.2 Å². The molecule has 0 bridgehead atoms. The molecule has 1 N–H and O–H groups in total. The van der Waals surface area contributed by atoms with Gasteiger partial charge in [0.1, 0.15) is 5.75 Å². The lowest BCUT2D eigenvalue weighted by molar-refractivity contribution is -0.137. The second kappa shape index (κ2) is 7.30. The maximum atomic E-state index is 12.9. The van der Waals surface area contributed by atoms with Gasteiger partial charge in [0.2, 0.25) is 5.91 Å². The molecule has 1 amide bonds. The highest BCUT2D eigenvalue weighted by atomic mass is 19.4. The molecule has 4 rings (SSSR count). The maximum absolute atomic E-state index is 12.9. The third-order valence-corrected chi connectivity index (χ3v) is 5.12. The van der Waals surface area contributed by atoms with Crippen molar-refractivity contribution in [2.75, 3.05) is 6.61 Å². The van der Waals surface area contributed by atoms with Crippen molar-refractivity contribution in [1.82, 2.24) is 10.3 Å². The van der Waals surface area contributed by atoms with Crippen LogP contribution in [0.4, 0.5) is 13.2 Å². The molecule has 0 saturated heterocycles. The van der Waals surface area contributed by atoms with Crippen molar-refractivity contribution in [3.63, 3.8) is 0 Å². The summed E-state index contributed by atoms with van der Waals surface area (Å²) in [6.07, 6.45) is 1.65. The van der Waals surface area contributed by atoms with Gasteiger partial charge in [0, 0.05) is 42.4 Å². The number of fused-ring (bicyclic) bond motifs is 2. The zero-order valence-corrected chi connectivity index (χ0v) is 15.1. The Morgan fingerprint density at radius 2 is 2.11 bits per heavy atom. The van der Waals surface area contributed by atoms with Crippen LogP contribution in [0, 0.1) is 0 Å². The number of rotatable bonds is 2. The van der Waals surface area contributed by atoms with E-state index in [0.717, 1.165) is 30.7 Å². The molecule has 2 aromatic rings. The van der Waals surface area contributed by atoms with Gasteiger partial charge in [-0.3, -0.25) is 9.78 Å². The van der Waals surface area contributed by atoms with E-state index in [2.05, 4.69) is 16.4 Å². The number of aryl methyl sites for hydroxylation is 1. The number of nitrogens with zero attached hydrogens (tertiary/aromatic N) is 1. The first-order chi connectivity index (χ1) is 13.4. The Kier molecular flexibility index (Phi) is 4.83. The fraction of sp³-hybridized carbons (Fsp3) is 0.333. The minimum absolute atomic E-state index is 0.00123. The van der Waals surface area contributed by atoms with Crippen LogP contribution in [0.25, 0.3) is 5.57 Å². The van der Waals surface area contributed by atoms with Crippen molar-refractivity contribution in [3.8, 4) is 5.75 Å². The fourth-order valence-electron chi connectivity index (χ4n) is 3.71. The first-order valence-corrected chi connectivity index (χ1v) is 9.18. The number of hydrogen-bond donors (Lipinski definition) is 1. The van der Waals surface area contributed by atoms with Crippen LogP contribution < -0.4 is 10.1 Å². The Labute approximate surface area is 160 Å². The van der Waals surface area contributed by atoms with Gasteiger partial charge in [-0.25, -0.2) is 0 Å².